The van der Waals surface area contributed by atoms with Gasteiger partial charge in [0.1, 0.15) is 0 Å². The maximum atomic E-state index is 4.41. The zero-order valence-electron chi connectivity index (χ0n) is 12.6. The smallest absolute Gasteiger partial charge is 0.0661 e. The first kappa shape index (κ1) is 12.4. The molecule has 0 amide bonds. The number of benzene rings is 1. The van der Waals surface area contributed by atoms with Crippen LogP contribution in [0.5, 0.6) is 0 Å². The highest BCUT2D eigenvalue weighted by Crippen LogP contribution is 2.55. The second kappa shape index (κ2) is 4.42. The molecular weight excluding hydrogens is 256 g/mol. The van der Waals surface area contributed by atoms with Crippen molar-refractivity contribution in [2.75, 3.05) is 0 Å². The van der Waals surface area contributed by atoms with Gasteiger partial charge in [-0.3, -0.25) is 4.99 Å². The number of fused-ring (bicyclic) bond motifs is 1. The largest absolute Gasteiger partial charge is 0.307 e. The summed E-state index contributed by atoms with van der Waals surface area (Å²) in [6.45, 7) is 1.04. The molecule has 0 spiro atoms. The molecule has 0 aromatic heterocycles. The Hall–Kier alpha value is -1.15. The molecule has 0 radical (unpaired) electrons. The van der Waals surface area contributed by atoms with Crippen molar-refractivity contribution in [2.24, 2.45) is 22.7 Å². The van der Waals surface area contributed by atoms with E-state index < -0.39 is 0 Å². The summed E-state index contributed by atoms with van der Waals surface area (Å²) in [5.74, 6) is 3.08. The van der Waals surface area contributed by atoms with Crippen molar-refractivity contribution in [1.82, 2.24) is 5.32 Å². The highest BCUT2D eigenvalue weighted by Gasteiger charge is 2.50. The molecule has 2 heteroatoms. The van der Waals surface area contributed by atoms with Gasteiger partial charge in [-0.2, -0.15) is 0 Å². The molecule has 6 rings (SSSR count). The van der Waals surface area contributed by atoms with Crippen molar-refractivity contribution in [3.05, 3.63) is 29.3 Å². The van der Waals surface area contributed by atoms with Gasteiger partial charge in [0.25, 0.3) is 0 Å². The molecule has 1 aromatic rings. The molecule has 0 saturated heterocycles. The Labute approximate surface area is 127 Å². The van der Waals surface area contributed by atoms with Crippen LogP contribution in [0.2, 0.25) is 0 Å². The van der Waals surface area contributed by atoms with Crippen molar-refractivity contribution in [3.8, 4) is 0 Å². The number of nitrogens with zero attached hydrogens (tertiary/aromatic N) is 1. The molecule has 21 heavy (non-hydrogen) atoms. The van der Waals surface area contributed by atoms with Gasteiger partial charge in [0.05, 0.1) is 5.69 Å². The van der Waals surface area contributed by atoms with Crippen molar-refractivity contribution in [3.63, 3.8) is 0 Å². The molecule has 110 valence electrons. The van der Waals surface area contributed by atoms with E-state index >= 15 is 0 Å². The number of rotatable bonds is 3. The van der Waals surface area contributed by atoms with Crippen LogP contribution in [0.25, 0.3) is 0 Å². The third kappa shape index (κ3) is 2.07. The third-order valence-electron chi connectivity index (χ3n) is 6.39. The van der Waals surface area contributed by atoms with Gasteiger partial charge in [0, 0.05) is 24.7 Å². The lowest BCUT2D eigenvalue weighted by atomic mass is 9.53. The molecule has 1 heterocycles. The molecule has 4 aliphatic carbocycles. The van der Waals surface area contributed by atoms with Crippen LogP contribution in [0.3, 0.4) is 0 Å². The summed E-state index contributed by atoms with van der Waals surface area (Å²) in [6, 6.07) is 6.81. The van der Waals surface area contributed by atoms with Crippen molar-refractivity contribution >= 4 is 11.9 Å². The van der Waals surface area contributed by atoms with Crippen LogP contribution >= 0.6 is 0 Å². The zero-order valence-corrected chi connectivity index (χ0v) is 12.6. The van der Waals surface area contributed by atoms with E-state index in [0.29, 0.717) is 5.54 Å². The fourth-order valence-corrected chi connectivity index (χ4v) is 5.90. The molecule has 2 nitrogen and oxygen atoms in total. The molecule has 1 N–H and O–H groups in total. The predicted molar refractivity (Wildman–Crippen MR) is 86.0 cm³/mol. The summed E-state index contributed by atoms with van der Waals surface area (Å²) in [4.78, 5) is 4.41. The summed E-state index contributed by atoms with van der Waals surface area (Å²) < 4.78 is 0. The average Bonchev–Trinajstić information content (AvgIpc) is 2.91. The molecule has 4 fully saturated rings. The van der Waals surface area contributed by atoms with E-state index in [1.54, 1.807) is 0 Å². The van der Waals surface area contributed by atoms with Gasteiger partial charge in [-0.1, -0.05) is 12.1 Å². The highest BCUT2D eigenvalue weighted by molar-refractivity contribution is 5.75. The van der Waals surface area contributed by atoms with Gasteiger partial charge in [0.2, 0.25) is 0 Å². The van der Waals surface area contributed by atoms with Crippen LogP contribution < -0.4 is 5.32 Å². The van der Waals surface area contributed by atoms with E-state index in [1.165, 1.54) is 55.3 Å². The lowest BCUT2D eigenvalue weighted by molar-refractivity contribution is -0.0206. The van der Waals surface area contributed by atoms with E-state index in [0.717, 1.165) is 30.7 Å². The van der Waals surface area contributed by atoms with Gasteiger partial charge >= 0.3 is 0 Å². The summed E-state index contributed by atoms with van der Waals surface area (Å²) in [6.07, 6.45) is 11.9. The summed E-state index contributed by atoms with van der Waals surface area (Å²) in [7, 11) is 0. The van der Waals surface area contributed by atoms with Crippen molar-refractivity contribution in [1.29, 1.82) is 0 Å². The van der Waals surface area contributed by atoms with Gasteiger partial charge < -0.3 is 5.32 Å². The van der Waals surface area contributed by atoms with Crippen LogP contribution in [-0.2, 0) is 13.0 Å². The minimum Gasteiger partial charge on any atom is -0.307 e. The topological polar surface area (TPSA) is 24.4 Å². The fraction of sp³-hybridized carbons (Fsp3) is 0.632. The molecule has 1 aromatic carbocycles. The molecule has 0 atom stereocenters. The second-order valence-corrected chi connectivity index (χ2v) is 8.03. The number of nitrogens with one attached hydrogen (secondary N) is 1. The third-order valence-corrected chi connectivity index (χ3v) is 6.39. The van der Waals surface area contributed by atoms with E-state index in [9.17, 15) is 0 Å². The molecule has 1 aliphatic heterocycles. The zero-order chi connectivity index (χ0) is 13.9. The first-order chi connectivity index (χ1) is 10.3. The maximum Gasteiger partial charge on any atom is 0.0661 e. The number of hydrogen-bond donors (Lipinski definition) is 1. The molecule has 4 bridgehead atoms. The minimum absolute atomic E-state index is 0.476. The monoisotopic (exact) mass is 280 g/mol. The Morgan fingerprint density at radius 1 is 1.05 bits per heavy atom. The summed E-state index contributed by atoms with van der Waals surface area (Å²) >= 11 is 0. The Balaban J connectivity index is 1.32. The van der Waals surface area contributed by atoms with E-state index in [2.05, 4.69) is 28.5 Å². The molecule has 0 unspecified atom stereocenters. The van der Waals surface area contributed by atoms with Crippen LogP contribution in [0, 0.1) is 17.8 Å². The highest BCUT2D eigenvalue weighted by atomic mass is 15.0. The van der Waals surface area contributed by atoms with Crippen LogP contribution in [0.15, 0.2) is 23.2 Å². The average molecular weight is 280 g/mol. The number of aliphatic imine (C=N–C) groups is 1. The van der Waals surface area contributed by atoms with Crippen LogP contribution in [0.4, 0.5) is 5.69 Å². The lowest BCUT2D eigenvalue weighted by Crippen LogP contribution is -2.58. The van der Waals surface area contributed by atoms with Crippen LogP contribution in [0.1, 0.15) is 49.7 Å². The van der Waals surface area contributed by atoms with Crippen molar-refractivity contribution in [2.45, 2.75) is 57.0 Å². The van der Waals surface area contributed by atoms with Crippen molar-refractivity contribution < 1.29 is 0 Å². The van der Waals surface area contributed by atoms with E-state index in [-0.39, 0.29) is 0 Å². The summed E-state index contributed by atoms with van der Waals surface area (Å²) in [5, 5.41) is 3.99. The Kier molecular flexibility index (Phi) is 2.61. The van der Waals surface area contributed by atoms with Gasteiger partial charge in [0.15, 0.2) is 0 Å². The SMILES string of the molecule is C1=Nc2ccc(CNC34CC5CC(CC(C5)C3)C4)cc2C1. The molecule has 4 saturated carbocycles. The summed E-state index contributed by atoms with van der Waals surface area (Å²) in [5.41, 5.74) is 4.49. The quantitative estimate of drug-likeness (QED) is 0.889. The maximum absolute atomic E-state index is 4.41. The van der Waals surface area contributed by atoms with Gasteiger partial charge in [-0.25, -0.2) is 0 Å². The first-order valence-electron chi connectivity index (χ1n) is 8.67. The number of hydrogen-bond acceptors (Lipinski definition) is 2. The van der Waals surface area contributed by atoms with Crippen LogP contribution in [-0.4, -0.2) is 11.8 Å². The van der Waals surface area contributed by atoms with E-state index in [4.69, 9.17) is 0 Å². The van der Waals surface area contributed by atoms with Gasteiger partial charge in [-0.05, 0) is 73.5 Å². The predicted octanol–water partition coefficient (Wildman–Crippen LogP) is 4.00. The Morgan fingerprint density at radius 3 is 2.48 bits per heavy atom. The lowest BCUT2D eigenvalue weighted by Gasteiger charge is -2.57. The molecular formula is C19H24N2. The molecule has 5 aliphatic rings. The first-order valence-corrected chi connectivity index (χ1v) is 8.67. The van der Waals surface area contributed by atoms with E-state index in [1.807, 2.05) is 6.21 Å². The second-order valence-electron chi connectivity index (χ2n) is 8.03. The Bertz CT molecular complexity index is 566. The fourth-order valence-electron chi connectivity index (χ4n) is 5.90. The minimum atomic E-state index is 0.476. The normalized spacial score (nSPS) is 39.0. The van der Waals surface area contributed by atoms with Gasteiger partial charge in [-0.15, -0.1) is 0 Å². The Morgan fingerprint density at radius 2 is 1.76 bits per heavy atom. The standard InChI is InChI=1S/C19H24N2/c1-2-18-17(3-4-20-18)8-13(1)12-21-19-9-14-5-15(10-19)7-16(6-14)11-19/h1-2,4,8,14-16,21H,3,5-7,9-12H2.